The van der Waals surface area contributed by atoms with E-state index < -0.39 is 5.54 Å². The van der Waals surface area contributed by atoms with Gasteiger partial charge in [-0.15, -0.1) is 0 Å². The lowest BCUT2D eigenvalue weighted by Gasteiger charge is -2.36. The summed E-state index contributed by atoms with van der Waals surface area (Å²) < 4.78 is 5.35. The van der Waals surface area contributed by atoms with Crippen molar-refractivity contribution in [3.8, 4) is 0 Å². The van der Waals surface area contributed by atoms with Gasteiger partial charge in [-0.05, 0) is 37.0 Å². The Labute approximate surface area is 125 Å². The fourth-order valence-electron chi connectivity index (χ4n) is 2.75. The molecular weight excluding hydrogens is 266 g/mol. The van der Waals surface area contributed by atoms with Gasteiger partial charge < -0.3 is 15.8 Å². The Hall–Kier alpha value is -1.43. The molecule has 0 unspecified atom stereocenters. The van der Waals surface area contributed by atoms with Gasteiger partial charge in [-0.1, -0.05) is 12.1 Å². The van der Waals surface area contributed by atoms with Crippen molar-refractivity contribution in [1.82, 2.24) is 4.90 Å². The number of benzene rings is 1. The molecule has 21 heavy (non-hydrogen) atoms. The molecule has 5 nitrogen and oxygen atoms in total. The molecule has 114 valence electrons. The first-order valence-electron chi connectivity index (χ1n) is 7.65. The third-order valence-electron chi connectivity index (χ3n) is 4.42. The maximum Gasteiger partial charge on any atom is 0.244 e. The van der Waals surface area contributed by atoms with Gasteiger partial charge in [0.25, 0.3) is 0 Å². The van der Waals surface area contributed by atoms with E-state index in [-0.39, 0.29) is 5.91 Å². The molecule has 1 aromatic carbocycles. The summed E-state index contributed by atoms with van der Waals surface area (Å²) in [6, 6.07) is 8.04. The summed E-state index contributed by atoms with van der Waals surface area (Å²) in [6.45, 7) is 4.51. The Morgan fingerprint density at radius 1 is 1.24 bits per heavy atom. The number of hydrogen-bond donors (Lipinski definition) is 2. The van der Waals surface area contributed by atoms with Gasteiger partial charge in [-0.2, -0.15) is 0 Å². The molecule has 1 aliphatic carbocycles. The lowest BCUT2D eigenvalue weighted by molar-refractivity contribution is -0.123. The minimum atomic E-state index is -0.646. The molecule has 0 aromatic heterocycles. The summed E-state index contributed by atoms with van der Waals surface area (Å²) in [7, 11) is 0. The maximum atomic E-state index is 12.1. The van der Waals surface area contributed by atoms with Crippen molar-refractivity contribution in [3.63, 3.8) is 0 Å². The second kappa shape index (κ2) is 6.13. The molecule has 0 radical (unpaired) electrons. The number of rotatable bonds is 4. The summed E-state index contributed by atoms with van der Waals surface area (Å²) in [6.07, 6.45) is 2.62. The Kier molecular flexibility index (Phi) is 4.24. The third-order valence-corrected chi connectivity index (χ3v) is 4.42. The molecule has 3 N–H and O–H groups in total. The van der Waals surface area contributed by atoms with E-state index >= 15 is 0 Å². The molecule has 2 fully saturated rings. The maximum absolute atomic E-state index is 12.1. The first-order chi connectivity index (χ1) is 10.2. The molecule has 1 amide bonds. The number of anilines is 1. The Balaban J connectivity index is 1.55. The molecule has 3 rings (SSSR count). The average Bonchev–Trinajstić information content (AvgIpc) is 2.48. The van der Waals surface area contributed by atoms with Crippen LogP contribution in [0.2, 0.25) is 0 Å². The second-order valence-electron chi connectivity index (χ2n) is 6.05. The van der Waals surface area contributed by atoms with E-state index in [1.165, 1.54) is 5.56 Å². The van der Waals surface area contributed by atoms with E-state index in [1.54, 1.807) is 0 Å². The topological polar surface area (TPSA) is 67.6 Å². The van der Waals surface area contributed by atoms with Gasteiger partial charge in [-0.3, -0.25) is 9.69 Å². The van der Waals surface area contributed by atoms with Crippen LogP contribution in [0.25, 0.3) is 0 Å². The van der Waals surface area contributed by atoms with Crippen LogP contribution in [0, 0.1) is 0 Å². The second-order valence-corrected chi connectivity index (χ2v) is 6.05. The number of nitrogens with zero attached hydrogens (tertiary/aromatic N) is 1. The van der Waals surface area contributed by atoms with Crippen LogP contribution in [0.1, 0.15) is 24.8 Å². The predicted octanol–water partition coefficient (Wildman–Crippen LogP) is 1.34. The fourth-order valence-corrected chi connectivity index (χ4v) is 2.75. The molecule has 0 spiro atoms. The number of hydrogen-bond acceptors (Lipinski definition) is 4. The molecule has 5 heteroatoms. The highest BCUT2D eigenvalue weighted by Gasteiger charge is 2.40. The Morgan fingerprint density at radius 3 is 2.48 bits per heavy atom. The molecule has 0 atom stereocenters. The van der Waals surface area contributed by atoms with Crippen LogP contribution in [0.4, 0.5) is 5.69 Å². The summed E-state index contributed by atoms with van der Waals surface area (Å²) in [4.78, 5) is 14.4. The Bertz CT molecular complexity index is 491. The molecule has 1 saturated heterocycles. The summed E-state index contributed by atoms with van der Waals surface area (Å²) in [5, 5.41) is 2.92. The lowest BCUT2D eigenvalue weighted by atomic mass is 9.77. The lowest BCUT2D eigenvalue weighted by Crippen LogP contribution is -2.56. The molecule has 0 bridgehead atoms. The van der Waals surface area contributed by atoms with Crippen LogP contribution >= 0.6 is 0 Å². The van der Waals surface area contributed by atoms with Crippen molar-refractivity contribution in [2.45, 2.75) is 31.3 Å². The van der Waals surface area contributed by atoms with Crippen molar-refractivity contribution in [2.24, 2.45) is 5.73 Å². The highest BCUT2D eigenvalue weighted by atomic mass is 16.5. The fraction of sp³-hybridized carbons (Fsp3) is 0.562. The molecule has 1 heterocycles. The molecule has 1 aromatic rings. The summed E-state index contributed by atoms with van der Waals surface area (Å²) in [5.41, 5.74) is 7.44. The number of ether oxygens (including phenoxy) is 1. The van der Waals surface area contributed by atoms with Crippen LogP contribution < -0.4 is 11.1 Å². The molecular formula is C16H23N3O2. The van der Waals surface area contributed by atoms with Crippen molar-refractivity contribution in [1.29, 1.82) is 0 Å². The zero-order valence-electron chi connectivity index (χ0n) is 12.3. The Morgan fingerprint density at radius 2 is 1.90 bits per heavy atom. The van der Waals surface area contributed by atoms with Gasteiger partial charge in [0.1, 0.15) is 0 Å². The van der Waals surface area contributed by atoms with E-state index in [2.05, 4.69) is 22.3 Å². The monoisotopic (exact) mass is 289 g/mol. The van der Waals surface area contributed by atoms with Gasteiger partial charge in [0.2, 0.25) is 5.91 Å². The molecule has 1 aliphatic heterocycles. The quantitative estimate of drug-likeness (QED) is 0.878. The largest absolute Gasteiger partial charge is 0.379 e. The van der Waals surface area contributed by atoms with Crippen LogP contribution in [0.3, 0.4) is 0 Å². The highest BCUT2D eigenvalue weighted by Crippen LogP contribution is 2.30. The minimum absolute atomic E-state index is 0.0605. The van der Waals surface area contributed by atoms with Crippen LogP contribution in [-0.4, -0.2) is 42.6 Å². The zero-order valence-corrected chi connectivity index (χ0v) is 12.3. The molecule has 1 saturated carbocycles. The number of morpholine rings is 1. The number of nitrogens with two attached hydrogens (primary N) is 1. The van der Waals surface area contributed by atoms with E-state index in [0.717, 1.165) is 57.8 Å². The van der Waals surface area contributed by atoms with Crippen molar-refractivity contribution in [3.05, 3.63) is 29.8 Å². The van der Waals surface area contributed by atoms with Crippen LogP contribution in [-0.2, 0) is 16.1 Å². The third kappa shape index (κ3) is 3.43. The van der Waals surface area contributed by atoms with Gasteiger partial charge in [0.15, 0.2) is 0 Å². The minimum Gasteiger partial charge on any atom is -0.379 e. The first kappa shape index (κ1) is 14.5. The van der Waals surface area contributed by atoms with E-state index in [1.807, 2.05) is 12.1 Å². The number of carbonyl (C=O) groups is 1. The van der Waals surface area contributed by atoms with E-state index in [4.69, 9.17) is 10.5 Å². The number of carbonyl (C=O) groups excluding carboxylic acids is 1. The van der Waals surface area contributed by atoms with Crippen molar-refractivity contribution in [2.75, 3.05) is 31.6 Å². The standard InChI is InChI=1S/C16H23N3O2/c17-16(6-1-7-16)15(20)18-14-4-2-13(3-5-14)12-19-8-10-21-11-9-19/h2-5H,1,6-12,17H2,(H,18,20). The summed E-state index contributed by atoms with van der Waals surface area (Å²) in [5.74, 6) is -0.0605. The van der Waals surface area contributed by atoms with Gasteiger partial charge >= 0.3 is 0 Å². The normalized spacial score (nSPS) is 21.6. The number of amides is 1. The van der Waals surface area contributed by atoms with Crippen LogP contribution in [0.15, 0.2) is 24.3 Å². The predicted molar refractivity (Wildman–Crippen MR) is 81.9 cm³/mol. The van der Waals surface area contributed by atoms with Gasteiger partial charge in [-0.25, -0.2) is 0 Å². The first-order valence-corrected chi connectivity index (χ1v) is 7.65. The zero-order chi connectivity index (χ0) is 14.7. The van der Waals surface area contributed by atoms with Crippen molar-refractivity contribution >= 4 is 11.6 Å². The van der Waals surface area contributed by atoms with E-state index in [9.17, 15) is 4.79 Å². The molecule has 2 aliphatic rings. The summed E-state index contributed by atoms with van der Waals surface area (Å²) >= 11 is 0. The van der Waals surface area contributed by atoms with Crippen LogP contribution in [0.5, 0.6) is 0 Å². The van der Waals surface area contributed by atoms with E-state index in [0.29, 0.717) is 0 Å². The highest BCUT2D eigenvalue weighted by molar-refractivity contribution is 5.98. The van der Waals surface area contributed by atoms with Gasteiger partial charge in [0, 0.05) is 25.3 Å². The van der Waals surface area contributed by atoms with Gasteiger partial charge in [0.05, 0.1) is 18.8 Å². The van der Waals surface area contributed by atoms with Crippen molar-refractivity contribution < 1.29 is 9.53 Å². The average molecular weight is 289 g/mol. The number of nitrogens with one attached hydrogen (secondary N) is 1. The smallest absolute Gasteiger partial charge is 0.244 e. The SMILES string of the molecule is NC1(C(=O)Nc2ccc(CN3CCOCC3)cc2)CCC1.